The molecule has 8 nitrogen and oxygen atoms in total. The lowest BCUT2D eigenvalue weighted by molar-refractivity contribution is -0.116. The number of amides is 2. The molecule has 0 aliphatic carbocycles. The first-order valence-electron chi connectivity index (χ1n) is 10.3. The number of nitrogens with one attached hydrogen (secondary N) is 2. The van der Waals surface area contributed by atoms with Gasteiger partial charge < -0.3 is 15.1 Å². The van der Waals surface area contributed by atoms with Crippen molar-refractivity contribution in [2.75, 3.05) is 26.2 Å². The summed E-state index contributed by atoms with van der Waals surface area (Å²) in [5.41, 5.74) is 0.935. The molecule has 0 saturated carbocycles. The highest BCUT2D eigenvalue weighted by molar-refractivity contribution is 7.89. The van der Waals surface area contributed by atoms with Crippen LogP contribution in [0.25, 0.3) is 6.08 Å². The Bertz CT molecular complexity index is 1040. The van der Waals surface area contributed by atoms with Gasteiger partial charge in [0.1, 0.15) is 10.7 Å². The third kappa shape index (κ3) is 6.05. The van der Waals surface area contributed by atoms with Gasteiger partial charge in [-0.05, 0) is 37.8 Å². The van der Waals surface area contributed by atoms with Crippen molar-refractivity contribution >= 4 is 27.9 Å². The maximum Gasteiger partial charge on any atom is 0.287 e. The minimum absolute atomic E-state index is 0.0369. The third-order valence-electron chi connectivity index (χ3n) is 4.94. The van der Waals surface area contributed by atoms with Gasteiger partial charge in [0.15, 0.2) is 5.76 Å². The largest absolute Gasteiger partial charge is 0.455 e. The van der Waals surface area contributed by atoms with E-state index in [4.69, 9.17) is 4.42 Å². The normalized spacial score (nSPS) is 14.7. The van der Waals surface area contributed by atoms with E-state index in [0.717, 1.165) is 18.4 Å². The summed E-state index contributed by atoms with van der Waals surface area (Å²) < 4.78 is 32.2. The van der Waals surface area contributed by atoms with Crippen LogP contribution in [-0.4, -0.2) is 50.7 Å². The highest BCUT2D eigenvalue weighted by atomic mass is 32.2. The van der Waals surface area contributed by atoms with E-state index in [9.17, 15) is 18.0 Å². The minimum Gasteiger partial charge on any atom is -0.455 e. The lowest BCUT2D eigenvalue weighted by atomic mass is 10.2. The molecule has 1 fully saturated rings. The average Bonchev–Trinajstić information content (AvgIpc) is 3.43. The summed E-state index contributed by atoms with van der Waals surface area (Å²) in [5.74, 6) is -0.533. The van der Waals surface area contributed by atoms with E-state index in [-0.39, 0.29) is 22.3 Å². The van der Waals surface area contributed by atoms with E-state index in [0.29, 0.717) is 32.6 Å². The molecule has 0 bridgehead atoms. The van der Waals surface area contributed by atoms with Gasteiger partial charge in [-0.2, -0.15) is 4.31 Å². The number of hydrogen-bond acceptors (Lipinski definition) is 5. The molecule has 1 aromatic carbocycles. The summed E-state index contributed by atoms with van der Waals surface area (Å²) in [5, 5.41) is 5.43. The topological polar surface area (TPSA) is 109 Å². The molecule has 166 valence electrons. The van der Waals surface area contributed by atoms with Crippen LogP contribution in [0.3, 0.4) is 0 Å². The van der Waals surface area contributed by atoms with E-state index in [1.807, 2.05) is 30.3 Å². The Morgan fingerprint density at radius 2 is 1.77 bits per heavy atom. The Balaban J connectivity index is 1.43. The van der Waals surface area contributed by atoms with Crippen molar-refractivity contribution in [1.29, 1.82) is 0 Å². The standard InChI is InChI=1S/C22H27N3O5S/c1-17-20(31(28,29)25-14-5-6-15-25)16-19(30-17)22(27)24-13-7-12-23-21(26)11-10-18-8-3-2-4-9-18/h2-4,8-11,16H,5-7,12-15H2,1H3,(H,23,26)(H,24,27). The van der Waals surface area contributed by atoms with E-state index in [1.165, 1.54) is 23.4 Å². The predicted octanol–water partition coefficient (Wildman–Crippen LogP) is 2.32. The van der Waals surface area contributed by atoms with Gasteiger partial charge in [0, 0.05) is 38.3 Å². The Kier molecular flexibility index (Phi) is 7.64. The Morgan fingerprint density at radius 3 is 2.48 bits per heavy atom. The van der Waals surface area contributed by atoms with Crippen molar-refractivity contribution in [3.05, 3.63) is 59.6 Å². The summed E-state index contributed by atoms with van der Waals surface area (Å²) in [4.78, 5) is 24.2. The molecule has 3 rings (SSSR count). The van der Waals surface area contributed by atoms with Crippen molar-refractivity contribution in [1.82, 2.24) is 14.9 Å². The van der Waals surface area contributed by atoms with Crippen LogP contribution in [-0.2, 0) is 14.8 Å². The third-order valence-corrected chi connectivity index (χ3v) is 6.95. The van der Waals surface area contributed by atoms with Crippen molar-refractivity contribution in [3.8, 4) is 0 Å². The van der Waals surface area contributed by atoms with Gasteiger partial charge in [0.2, 0.25) is 15.9 Å². The fraction of sp³-hybridized carbons (Fsp3) is 0.364. The molecule has 0 unspecified atom stereocenters. The van der Waals surface area contributed by atoms with Crippen molar-refractivity contribution in [2.24, 2.45) is 0 Å². The molecular weight excluding hydrogens is 418 g/mol. The van der Waals surface area contributed by atoms with Crippen LogP contribution < -0.4 is 10.6 Å². The molecule has 0 atom stereocenters. The van der Waals surface area contributed by atoms with E-state index >= 15 is 0 Å². The van der Waals surface area contributed by atoms with Crippen molar-refractivity contribution in [2.45, 2.75) is 31.1 Å². The van der Waals surface area contributed by atoms with E-state index < -0.39 is 15.9 Å². The zero-order valence-corrected chi connectivity index (χ0v) is 18.3. The molecule has 9 heteroatoms. The Hall–Kier alpha value is -2.91. The van der Waals surface area contributed by atoms with Gasteiger partial charge in [-0.25, -0.2) is 8.42 Å². The number of sulfonamides is 1. The highest BCUT2D eigenvalue weighted by Crippen LogP contribution is 2.26. The second-order valence-corrected chi connectivity index (χ2v) is 9.19. The Labute approximate surface area is 182 Å². The van der Waals surface area contributed by atoms with E-state index in [1.54, 1.807) is 6.08 Å². The van der Waals surface area contributed by atoms with Gasteiger partial charge in [-0.3, -0.25) is 9.59 Å². The molecule has 1 aliphatic rings. The SMILES string of the molecule is Cc1oc(C(=O)NCCCNC(=O)C=Cc2ccccc2)cc1S(=O)(=O)N1CCCC1. The molecule has 1 saturated heterocycles. The first kappa shape index (κ1) is 22.8. The lowest BCUT2D eigenvalue weighted by Gasteiger charge is -2.14. The molecule has 2 aromatic rings. The van der Waals surface area contributed by atoms with E-state index in [2.05, 4.69) is 10.6 Å². The fourth-order valence-electron chi connectivity index (χ4n) is 3.28. The van der Waals surface area contributed by atoms with Gasteiger partial charge in [-0.15, -0.1) is 0 Å². The molecule has 31 heavy (non-hydrogen) atoms. The first-order chi connectivity index (χ1) is 14.9. The van der Waals surface area contributed by atoms with Gasteiger partial charge in [-0.1, -0.05) is 30.3 Å². The molecular formula is C22H27N3O5S. The molecule has 0 radical (unpaired) electrons. The summed E-state index contributed by atoms with van der Waals surface area (Å²) >= 11 is 0. The van der Waals surface area contributed by atoms with Crippen molar-refractivity contribution in [3.63, 3.8) is 0 Å². The zero-order valence-electron chi connectivity index (χ0n) is 17.5. The zero-order chi connectivity index (χ0) is 22.3. The number of rotatable bonds is 9. The van der Waals surface area contributed by atoms with Crippen LogP contribution in [0.4, 0.5) is 0 Å². The fourth-order valence-corrected chi connectivity index (χ4v) is 4.96. The number of furan rings is 1. The molecule has 2 heterocycles. The molecule has 2 N–H and O–H groups in total. The van der Waals surface area contributed by atoms with Crippen LogP contribution in [0.5, 0.6) is 0 Å². The average molecular weight is 446 g/mol. The minimum atomic E-state index is -3.64. The predicted molar refractivity (Wildman–Crippen MR) is 117 cm³/mol. The molecule has 1 aromatic heterocycles. The smallest absolute Gasteiger partial charge is 0.287 e. The van der Waals surface area contributed by atoms with Crippen LogP contribution in [0.15, 0.2) is 51.8 Å². The second kappa shape index (κ2) is 10.4. The van der Waals surface area contributed by atoms with Crippen molar-refractivity contribution < 1.29 is 22.4 Å². The molecule has 2 amide bonds. The first-order valence-corrected chi connectivity index (χ1v) is 11.7. The maximum atomic E-state index is 12.7. The number of aryl methyl sites for hydroxylation is 1. The van der Waals surface area contributed by atoms with Gasteiger partial charge >= 0.3 is 0 Å². The summed E-state index contributed by atoms with van der Waals surface area (Å²) in [6.07, 6.45) is 5.38. The highest BCUT2D eigenvalue weighted by Gasteiger charge is 2.31. The van der Waals surface area contributed by atoms with Crippen LogP contribution in [0, 0.1) is 6.92 Å². The van der Waals surface area contributed by atoms with Gasteiger partial charge in [0.25, 0.3) is 5.91 Å². The number of nitrogens with zero attached hydrogens (tertiary/aromatic N) is 1. The Morgan fingerprint density at radius 1 is 1.10 bits per heavy atom. The second-order valence-electron chi connectivity index (χ2n) is 7.29. The number of benzene rings is 1. The number of hydrogen-bond donors (Lipinski definition) is 2. The van der Waals surface area contributed by atoms with Crippen LogP contribution in [0.1, 0.15) is 41.1 Å². The maximum absolute atomic E-state index is 12.7. The van der Waals surface area contributed by atoms with Crippen LogP contribution in [0.2, 0.25) is 0 Å². The summed E-state index contributed by atoms with van der Waals surface area (Å²) in [6.45, 7) is 3.22. The molecule has 0 spiro atoms. The quantitative estimate of drug-likeness (QED) is 0.455. The monoisotopic (exact) mass is 445 g/mol. The summed E-state index contributed by atoms with van der Waals surface area (Å²) in [7, 11) is -3.64. The lowest BCUT2D eigenvalue weighted by Crippen LogP contribution is -2.29. The number of carbonyl (C=O) groups is 2. The van der Waals surface area contributed by atoms with Crippen LogP contribution >= 0.6 is 0 Å². The number of carbonyl (C=O) groups excluding carboxylic acids is 2. The molecule has 1 aliphatic heterocycles. The summed E-state index contributed by atoms with van der Waals surface area (Å²) in [6, 6.07) is 10.8. The van der Waals surface area contributed by atoms with Gasteiger partial charge in [0.05, 0.1) is 0 Å².